The maximum absolute atomic E-state index is 12.9. The number of hydrogen-bond acceptors (Lipinski definition) is 12. The van der Waals surface area contributed by atoms with E-state index in [9.17, 15) is 35.1 Å². The fourth-order valence-corrected chi connectivity index (χ4v) is 8.63. The number of aliphatic hydroxyl groups is 4. The highest BCUT2D eigenvalue weighted by Crippen LogP contribution is 2.37. The molecule has 0 aliphatic carbocycles. The molecule has 2 heterocycles. The zero-order chi connectivity index (χ0) is 33.4. The third-order valence-corrected chi connectivity index (χ3v) is 10.4. The normalized spacial score (nSPS) is 22.1. The SMILES string of the molecule is N[C@@H](Cc1cc(I)c(Oc2cc(I)c(O)c(I)c2)c(I)c1)C(=O)Oc1ccc2cc([C@@H]3O[C@H](CO)[C@H](O)[C@H](O)[C@H]3O)c(=O)oc2c1. The van der Waals surface area contributed by atoms with E-state index in [0.29, 0.717) is 24.0 Å². The Morgan fingerprint density at radius 1 is 0.891 bits per heavy atom. The van der Waals surface area contributed by atoms with Crippen LogP contribution in [0.4, 0.5) is 0 Å². The summed E-state index contributed by atoms with van der Waals surface area (Å²) in [5.74, 6) is 0.780. The molecule has 5 rings (SSSR count). The number of fused-ring (bicyclic) bond motifs is 1. The smallest absolute Gasteiger partial charge is 0.342 e. The topological polar surface area (TPSA) is 202 Å². The number of aromatic hydroxyl groups is 1. The molecule has 0 spiro atoms. The second kappa shape index (κ2) is 15.0. The number of nitrogens with two attached hydrogens (primary N) is 1. The molecule has 1 saturated heterocycles. The standard InChI is InChI=1S/C30H25I4NO11/c31-16-7-14(8-17(32)23(16)37)43-28-18(33)3-11(4-19(28)34)5-20(35)30(42)44-13-2-1-12-6-15(29(41)46-21(12)9-13)27-26(40)25(39)24(38)22(10-36)45-27/h1-4,6-9,20,22,24-27,36-40H,5,10,35H2/t20-,22+,24-,25-,26+,27-/m0/s1. The summed E-state index contributed by atoms with van der Waals surface area (Å²) in [6.07, 6.45) is -7.26. The van der Waals surface area contributed by atoms with Crippen LogP contribution in [0.3, 0.4) is 0 Å². The van der Waals surface area contributed by atoms with E-state index in [4.69, 9.17) is 24.4 Å². The summed E-state index contributed by atoms with van der Waals surface area (Å²) >= 11 is 8.36. The minimum atomic E-state index is -1.66. The third kappa shape index (κ3) is 7.75. The van der Waals surface area contributed by atoms with Crippen molar-refractivity contribution in [2.24, 2.45) is 5.73 Å². The van der Waals surface area contributed by atoms with Gasteiger partial charge in [-0.25, -0.2) is 9.59 Å². The van der Waals surface area contributed by atoms with Crippen LogP contribution in [0.2, 0.25) is 0 Å². The van der Waals surface area contributed by atoms with Gasteiger partial charge in [0.15, 0.2) is 5.75 Å². The molecule has 12 nitrogen and oxygen atoms in total. The van der Waals surface area contributed by atoms with Crippen molar-refractivity contribution in [3.05, 3.63) is 84.4 Å². The zero-order valence-corrected chi connectivity index (χ0v) is 31.9. The molecule has 16 heteroatoms. The lowest BCUT2D eigenvalue weighted by Gasteiger charge is -2.39. The van der Waals surface area contributed by atoms with E-state index >= 15 is 0 Å². The number of phenolic OH excluding ortho intramolecular Hbond substituents is 1. The van der Waals surface area contributed by atoms with Gasteiger partial charge in [0.1, 0.15) is 59.4 Å². The molecule has 1 aliphatic rings. The minimum Gasteiger partial charge on any atom is -0.506 e. The molecule has 1 aliphatic heterocycles. The molecule has 46 heavy (non-hydrogen) atoms. The summed E-state index contributed by atoms with van der Waals surface area (Å²) in [5, 5.41) is 50.5. The van der Waals surface area contributed by atoms with E-state index in [0.717, 1.165) is 12.7 Å². The minimum absolute atomic E-state index is 0.0786. The van der Waals surface area contributed by atoms with Crippen LogP contribution < -0.4 is 20.8 Å². The molecular formula is C30H25I4NO11. The van der Waals surface area contributed by atoms with Crippen molar-refractivity contribution in [2.75, 3.05) is 6.61 Å². The van der Waals surface area contributed by atoms with Gasteiger partial charge in [0.2, 0.25) is 0 Å². The van der Waals surface area contributed by atoms with Crippen LogP contribution in [0.1, 0.15) is 17.2 Å². The number of ether oxygens (including phenoxy) is 3. The number of carbonyl (C=O) groups excluding carboxylic acids is 1. The van der Waals surface area contributed by atoms with Crippen molar-refractivity contribution < 1.29 is 49.0 Å². The molecule has 1 aromatic heterocycles. The third-order valence-electron chi connectivity index (χ3n) is 7.18. The Bertz CT molecular complexity index is 1800. The van der Waals surface area contributed by atoms with Crippen molar-refractivity contribution in [1.29, 1.82) is 0 Å². The maximum atomic E-state index is 12.9. The lowest BCUT2D eigenvalue weighted by Crippen LogP contribution is -2.55. The number of aliphatic hydroxyl groups excluding tert-OH is 4. The molecular weight excluding hydrogens is 1060 g/mol. The number of esters is 1. The average molecular weight is 1080 g/mol. The van der Waals surface area contributed by atoms with E-state index < -0.39 is 54.8 Å². The van der Waals surface area contributed by atoms with Gasteiger partial charge in [0, 0.05) is 11.5 Å². The molecule has 244 valence electrons. The monoisotopic (exact) mass is 1080 g/mol. The first-order valence-corrected chi connectivity index (χ1v) is 17.8. The number of rotatable bonds is 8. The predicted octanol–water partition coefficient (Wildman–Crippen LogP) is 3.70. The van der Waals surface area contributed by atoms with Crippen LogP contribution in [-0.2, 0) is 16.0 Å². The van der Waals surface area contributed by atoms with Gasteiger partial charge in [-0.05, 0) is 145 Å². The first-order chi connectivity index (χ1) is 21.8. The maximum Gasteiger partial charge on any atom is 0.342 e. The van der Waals surface area contributed by atoms with Crippen molar-refractivity contribution in [2.45, 2.75) is 43.0 Å². The first kappa shape index (κ1) is 35.9. The molecule has 0 bridgehead atoms. The summed E-state index contributed by atoms with van der Waals surface area (Å²) in [6, 6.07) is 11.9. The Morgan fingerprint density at radius 3 is 2.17 bits per heavy atom. The number of hydrogen-bond donors (Lipinski definition) is 6. The second-order valence-electron chi connectivity index (χ2n) is 10.4. The quantitative estimate of drug-likeness (QED) is 0.0648. The molecule has 0 amide bonds. The van der Waals surface area contributed by atoms with Gasteiger partial charge in [-0.1, -0.05) is 0 Å². The molecule has 0 saturated carbocycles. The van der Waals surface area contributed by atoms with E-state index in [1.54, 1.807) is 12.1 Å². The van der Waals surface area contributed by atoms with E-state index in [2.05, 4.69) is 45.2 Å². The number of benzene rings is 3. The summed E-state index contributed by atoms with van der Waals surface area (Å²) in [7, 11) is 0. The van der Waals surface area contributed by atoms with Crippen LogP contribution >= 0.6 is 90.4 Å². The molecule has 6 atom stereocenters. The molecule has 3 aromatic carbocycles. The Morgan fingerprint density at radius 2 is 1.54 bits per heavy atom. The average Bonchev–Trinajstić information content (AvgIpc) is 3.00. The van der Waals surface area contributed by atoms with Crippen LogP contribution in [-0.4, -0.2) is 68.6 Å². The molecule has 4 aromatic rings. The Kier molecular flexibility index (Phi) is 11.7. The van der Waals surface area contributed by atoms with Gasteiger partial charge in [0.25, 0.3) is 0 Å². The fraction of sp³-hybridized carbons (Fsp3) is 0.267. The van der Waals surface area contributed by atoms with Crippen molar-refractivity contribution in [3.8, 4) is 23.0 Å². The highest BCUT2D eigenvalue weighted by molar-refractivity contribution is 14.1. The van der Waals surface area contributed by atoms with Gasteiger partial charge >= 0.3 is 11.6 Å². The van der Waals surface area contributed by atoms with Crippen LogP contribution in [0.15, 0.2) is 57.7 Å². The largest absolute Gasteiger partial charge is 0.506 e. The highest BCUT2D eigenvalue weighted by Gasteiger charge is 2.45. The van der Waals surface area contributed by atoms with E-state index in [-0.39, 0.29) is 29.1 Å². The summed E-state index contributed by atoms with van der Waals surface area (Å²) in [5.41, 5.74) is 6.05. The molecule has 1 fully saturated rings. The summed E-state index contributed by atoms with van der Waals surface area (Å²) in [4.78, 5) is 25.7. The van der Waals surface area contributed by atoms with Crippen molar-refractivity contribution in [1.82, 2.24) is 0 Å². The number of phenols is 1. The lowest BCUT2D eigenvalue weighted by atomic mass is 9.91. The van der Waals surface area contributed by atoms with E-state index in [1.165, 1.54) is 24.3 Å². The van der Waals surface area contributed by atoms with Crippen LogP contribution in [0, 0.1) is 14.3 Å². The molecule has 0 radical (unpaired) electrons. The predicted molar refractivity (Wildman–Crippen MR) is 198 cm³/mol. The van der Waals surface area contributed by atoms with Crippen LogP contribution in [0.5, 0.6) is 23.0 Å². The Balaban J connectivity index is 1.28. The number of halogens is 4. The Hall–Kier alpha value is -1.38. The highest BCUT2D eigenvalue weighted by atomic mass is 127. The number of carbonyl (C=O) groups is 1. The van der Waals surface area contributed by atoms with Gasteiger partial charge in [-0.2, -0.15) is 0 Å². The molecule has 0 unspecified atom stereocenters. The fourth-order valence-electron chi connectivity index (χ4n) is 4.80. The van der Waals surface area contributed by atoms with Crippen molar-refractivity contribution in [3.63, 3.8) is 0 Å². The van der Waals surface area contributed by atoms with Gasteiger partial charge < -0.3 is 49.9 Å². The van der Waals surface area contributed by atoms with Crippen molar-refractivity contribution >= 4 is 107 Å². The first-order valence-electron chi connectivity index (χ1n) is 13.5. The second-order valence-corrected chi connectivity index (χ2v) is 15.0. The van der Waals surface area contributed by atoms with Gasteiger partial charge in [-0.15, -0.1) is 0 Å². The van der Waals surface area contributed by atoms with Crippen LogP contribution in [0.25, 0.3) is 11.0 Å². The summed E-state index contributed by atoms with van der Waals surface area (Å²) in [6.45, 7) is -0.643. The lowest BCUT2D eigenvalue weighted by molar-refractivity contribution is -0.232. The zero-order valence-electron chi connectivity index (χ0n) is 23.3. The van der Waals surface area contributed by atoms with E-state index in [1.807, 2.05) is 57.3 Å². The van der Waals surface area contributed by atoms with Gasteiger partial charge in [0.05, 0.1) is 26.5 Å². The van der Waals surface area contributed by atoms with Gasteiger partial charge in [-0.3, -0.25) is 0 Å². The Labute approximate surface area is 315 Å². The summed E-state index contributed by atoms with van der Waals surface area (Å²) < 4.78 is 25.4. The molecule has 7 N–H and O–H groups in total.